The van der Waals surface area contributed by atoms with Crippen molar-refractivity contribution >= 4 is 5.91 Å². The molecule has 1 aromatic carbocycles. The molecule has 0 heterocycles. The summed E-state index contributed by atoms with van der Waals surface area (Å²) in [4.78, 5) is 12.3. The van der Waals surface area contributed by atoms with Crippen LogP contribution >= 0.6 is 0 Å². The van der Waals surface area contributed by atoms with E-state index in [-0.39, 0.29) is 23.6 Å². The maximum Gasteiger partial charge on any atom is 0.263 e. The number of carbonyl (C=O) groups is 1. The maximum absolute atomic E-state index is 12.3. The molecule has 2 aliphatic carbocycles. The second-order valence-electron chi connectivity index (χ2n) is 7.60. The second kappa shape index (κ2) is 8.89. The summed E-state index contributed by atoms with van der Waals surface area (Å²) in [5, 5.41) is 15.6. The van der Waals surface area contributed by atoms with Crippen molar-refractivity contribution in [1.82, 2.24) is 10.6 Å². The van der Waals surface area contributed by atoms with Crippen LogP contribution in [0.1, 0.15) is 74.6 Å². The summed E-state index contributed by atoms with van der Waals surface area (Å²) in [5.41, 5.74) is 4.27. The van der Waals surface area contributed by atoms with Crippen molar-refractivity contribution in [2.24, 2.45) is 0 Å². The van der Waals surface area contributed by atoms with Gasteiger partial charge in [-0.3, -0.25) is 4.79 Å². The predicted molar refractivity (Wildman–Crippen MR) is 103 cm³/mol. The van der Waals surface area contributed by atoms with Gasteiger partial charge in [-0.2, -0.15) is 5.26 Å². The first-order valence-corrected chi connectivity index (χ1v) is 9.96. The zero-order chi connectivity index (χ0) is 18.4. The van der Waals surface area contributed by atoms with Gasteiger partial charge in [0.15, 0.2) is 0 Å². The van der Waals surface area contributed by atoms with Gasteiger partial charge in [0.1, 0.15) is 11.6 Å². The Labute approximate surface area is 156 Å². The summed E-state index contributed by atoms with van der Waals surface area (Å²) in [5.74, 6) is -0.260. The molecule has 1 saturated carbocycles. The van der Waals surface area contributed by atoms with Gasteiger partial charge in [0, 0.05) is 18.3 Å². The highest BCUT2D eigenvalue weighted by molar-refractivity contribution is 5.97. The van der Waals surface area contributed by atoms with E-state index in [9.17, 15) is 10.1 Å². The third-order valence-electron chi connectivity index (χ3n) is 5.66. The minimum Gasteiger partial charge on any atom is -0.383 e. The highest BCUT2D eigenvalue weighted by atomic mass is 16.1. The Bertz CT molecular complexity index is 711. The van der Waals surface area contributed by atoms with Crippen molar-refractivity contribution in [3.8, 4) is 6.07 Å². The van der Waals surface area contributed by atoms with Crippen LogP contribution in [0.5, 0.6) is 0 Å². The summed E-state index contributed by atoms with van der Waals surface area (Å²) in [6.45, 7) is 2.06. The molecule has 2 aliphatic rings. The lowest BCUT2D eigenvalue weighted by Gasteiger charge is -2.22. The number of carbonyl (C=O) groups excluding carboxylic acids is 1. The number of rotatable bonds is 5. The van der Waals surface area contributed by atoms with Crippen LogP contribution in [0.4, 0.5) is 0 Å². The number of benzene rings is 1. The number of hydrogen-bond donors (Lipinski definition) is 2. The average Bonchev–Trinajstić information content (AvgIpc) is 2.68. The van der Waals surface area contributed by atoms with Crippen molar-refractivity contribution in [3.63, 3.8) is 0 Å². The highest BCUT2D eigenvalue weighted by Gasteiger charge is 2.18. The first-order chi connectivity index (χ1) is 12.7. The van der Waals surface area contributed by atoms with E-state index in [1.54, 1.807) is 6.20 Å². The van der Waals surface area contributed by atoms with Gasteiger partial charge in [0.25, 0.3) is 5.91 Å². The Balaban J connectivity index is 1.61. The first-order valence-electron chi connectivity index (χ1n) is 9.96. The molecule has 1 aromatic rings. The number of nitrogens with zero attached hydrogens (tertiary/aromatic N) is 1. The van der Waals surface area contributed by atoms with Crippen molar-refractivity contribution in [1.29, 1.82) is 5.26 Å². The second-order valence-corrected chi connectivity index (χ2v) is 7.60. The maximum atomic E-state index is 12.3. The number of hydrogen-bond acceptors (Lipinski definition) is 3. The van der Waals surface area contributed by atoms with Crippen LogP contribution in [0.25, 0.3) is 0 Å². The van der Waals surface area contributed by atoms with Gasteiger partial charge in [-0.05, 0) is 62.1 Å². The standard InChI is InChI=1S/C22H29N3O/c1-16(18-12-11-17-7-5-6-8-19(17)13-18)24-15-20(14-23)22(26)25-21-9-3-2-4-10-21/h11-13,15-16,21,24H,2-10H2,1H3,(H,25,26)/b20-15-. The molecule has 0 radical (unpaired) electrons. The Morgan fingerprint density at radius 2 is 1.88 bits per heavy atom. The van der Waals surface area contributed by atoms with Gasteiger partial charge in [-0.15, -0.1) is 0 Å². The lowest BCUT2D eigenvalue weighted by molar-refractivity contribution is -0.118. The molecule has 0 spiro atoms. The minimum absolute atomic E-state index is 0.0630. The first kappa shape index (κ1) is 18.5. The molecule has 1 amide bonds. The molecule has 1 unspecified atom stereocenters. The van der Waals surface area contributed by atoms with Gasteiger partial charge in [0.05, 0.1) is 0 Å². The third-order valence-corrected chi connectivity index (χ3v) is 5.66. The molecule has 0 aliphatic heterocycles. The van der Waals surface area contributed by atoms with E-state index in [1.165, 1.54) is 42.4 Å². The van der Waals surface area contributed by atoms with Crippen LogP contribution < -0.4 is 10.6 Å². The molecule has 0 saturated heterocycles. The monoisotopic (exact) mass is 351 g/mol. The Morgan fingerprint density at radius 1 is 1.15 bits per heavy atom. The van der Waals surface area contributed by atoms with Gasteiger partial charge in [-0.25, -0.2) is 0 Å². The number of nitrogens with one attached hydrogen (secondary N) is 2. The van der Waals surface area contributed by atoms with Crippen LogP contribution in [0.15, 0.2) is 30.0 Å². The van der Waals surface area contributed by atoms with E-state index < -0.39 is 0 Å². The molecule has 4 heteroatoms. The van der Waals surface area contributed by atoms with E-state index in [4.69, 9.17) is 0 Å². The van der Waals surface area contributed by atoms with E-state index >= 15 is 0 Å². The molecule has 2 N–H and O–H groups in total. The Morgan fingerprint density at radius 3 is 2.62 bits per heavy atom. The summed E-state index contributed by atoms with van der Waals surface area (Å²) in [6.07, 6.45) is 12.0. The van der Waals surface area contributed by atoms with Gasteiger partial charge in [0.2, 0.25) is 0 Å². The molecule has 138 valence electrons. The molecule has 0 bridgehead atoms. The zero-order valence-corrected chi connectivity index (χ0v) is 15.7. The van der Waals surface area contributed by atoms with E-state index in [0.717, 1.165) is 32.1 Å². The lowest BCUT2D eigenvalue weighted by Crippen LogP contribution is -2.37. The number of amides is 1. The summed E-state index contributed by atoms with van der Waals surface area (Å²) >= 11 is 0. The number of fused-ring (bicyclic) bond motifs is 1. The SMILES string of the molecule is CC(N/C=C(/C#N)C(=O)NC1CCCCC1)c1ccc2c(c1)CCCC2. The molecule has 0 aromatic heterocycles. The van der Waals surface area contributed by atoms with E-state index in [0.29, 0.717) is 0 Å². The fraction of sp³-hybridized carbons (Fsp3) is 0.545. The molecule has 1 atom stereocenters. The lowest BCUT2D eigenvalue weighted by atomic mass is 9.89. The van der Waals surface area contributed by atoms with Crippen LogP contribution in [0.3, 0.4) is 0 Å². The van der Waals surface area contributed by atoms with Crippen molar-refractivity contribution in [2.45, 2.75) is 76.8 Å². The van der Waals surface area contributed by atoms with Gasteiger partial charge >= 0.3 is 0 Å². The molecular weight excluding hydrogens is 322 g/mol. The quantitative estimate of drug-likeness (QED) is 0.621. The summed E-state index contributed by atoms with van der Waals surface area (Å²) in [7, 11) is 0. The van der Waals surface area contributed by atoms with Crippen LogP contribution in [-0.2, 0) is 17.6 Å². The minimum atomic E-state index is -0.260. The Hall–Kier alpha value is -2.28. The van der Waals surface area contributed by atoms with Crippen LogP contribution in [-0.4, -0.2) is 11.9 Å². The average molecular weight is 351 g/mol. The fourth-order valence-electron chi connectivity index (χ4n) is 3.99. The fourth-order valence-corrected chi connectivity index (χ4v) is 3.99. The van der Waals surface area contributed by atoms with Crippen LogP contribution in [0, 0.1) is 11.3 Å². The van der Waals surface area contributed by atoms with Crippen molar-refractivity contribution in [3.05, 3.63) is 46.7 Å². The van der Waals surface area contributed by atoms with Crippen LogP contribution in [0.2, 0.25) is 0 Å². The topological polar surface area (TPSA) is 64.9 Å². The number of nitriles is 1. The number of aryl methyl sites for hydroxylation is 2. The van der Waals surface area contributed by atoms with E-state index in [1.807, 2.05) is 6.07 Å². The largest absolute Gasteiger partial charge is 0.383 e. The van der Waals surface area contributed by atoms with Gasteiger partial charge < -0.3 is 10.6 Å². The zero-order valence-electron chi connectivity index (χ0n) is 15.7. The highest BCUT2D eigenvalue weighted by Crippen LogP contribution is 2.25. The molecule has 4 nitrogen and oxygen atoms in total. The predicted octanol–water partition coefficient (Wildman–Crippen LogP) is 4.07. The molecule has 3 rings (SSSR count). The summed E-state index contributed by atoms with van der Waals surface area (Å²) < 4.78 is 0. The Kier molecular flexibility index (Phi) is 6.33. The van der Waals surface area contributed by atoms with Crippen molar-refractivity contribution < 1.29 is 4.79 Å². The smallest absolute Gasteiger partial charge is 0.263 e. The summed E-state index contributed by atoms with van der Waals surface area (Å²) in [6, 6.07) is 8.97. The molecule has 1 fully saturated rings. The van der Waals surface area contributed by atoms with E-state index in [2.05, 4.69) is 35.8 Å². The van der Waals surface area contributed by atoms with Gasteiger partial charge in [-0.1, -0.05) is 37.5 Å². The molecule has 26 heavy (non-hydrogen) atoms. The normalized spacial score (nSPS) is 19.2. The third kappa shape index (κ3) is 4.66. The molecular formula is C22H29N3O. The van der Waals surface area contributed by atoms with Crippen molar-refractivity contribution in [2.75, 3.05) is 0 Å².